The Morgan fingerprint density at radius 2 is 2.00 bits per heavy atom. The van der Waals surface area contributed by atoms with Gasteiger partial charge in [-0.25, -0.2) is 14.8 Å². The van der Waals surface area contributed by atoms with Gasteiger partial charge in [-0.05, 0) is 38.7 Å². The first-order valence-corrected chi connectivity index (χ1v) is 8.44. The minimum atomic E-state index is -0.473. The molecular weight excluding hydrogens is 322 g/mol. The Balaban J connectivity index is 1.74. The van der Waals surface area contributed by atoms with Crippen LogP contribution in [0.3, 0.4) is 0 Å². The van der Waals surface area contributed by atoms with Gasteiger partial charge in [-0.1, -0.05) is 6.08 Å². The molecule has 7 nitrogen and oxygen atoms in total. The molecule has 1 aliphatic carbocycles. The topological polar surface area (TPSA) is 73.8 Å². The molecule has 25 heavy (non-hydrogen) atoms. The Hall–Kier alpha value is -2.31. The van der Waals surface area contributed by atoms with Crippen molar-refractivity contribution in [3.63, 3.8) is 0 Å². The fourth-order valence-electron chi connectivity index (χ4n) is 3.38. The molecule has 1 aromatic rings. The Morgan fingerprint density at radius 1 is 1.24 bits per heavy atom. The molecule has 136 valence electrons. The van der Waals surface area contributed by atoms with Gasteiger partial charge in [-0.15, -0.1) is 0 Å². The molecule has 1 fully saturated rings. The number of aromatic nitrogens is 2. The fraction of sp³-hybridized carbons (Fsp3) is 0.611. The zero-order chi connectivity index (χ0) is 18.2. The molecule has 2 unspecified atom stereocenters. The zero-order valence-corrected chi connectivity index (χ0v) is 15.4. The van der Waals surface area contributed by atoms with Gasteiger partial charge in [-0.2, -0.15) is 0 Å². The Morgan fingerprint density at radius 3 is 2.60 bits per heavy atom. The van der Waals surface area contributed by atoms with Gasteiger partial charge in [0, 0.05) is 19.0 Å². The van der Waals surface area contributed by atoms with Gasteiger partial charge in [0.05, 0.1) is 20.4 Å². The maximum atomic E-state index is 12.3. The normalized spacial score (nSPS) is 22.4. The minimum Gasteiger partial charge on any atom is -0.480 e. The first-order valence-electron chi connectivity index (χ1n) is 8.44. The van der Waals surface area contributed by atoms with E-state index in [1.807, 2.05) is 20.8 Å². The number of carbonyl (C=O) groups is 1. The van der Waals surface area contributed by atoms with E-state index < -0.39 is 5.60 Å². The van der Waals surface area contributed by atoms with Gasteiger partial charge in [0.25, 0.3) is 0 Å². The predicted octanol–water partition coefficient (Wildman–Crippen LogP) is 2.76. The number of rotatable bonds is 3. The molecule has 0 aromatic carbocycles. The van der Waals surface area contributed by atoms with Crippen LogP contribution in [0.2, 0.25) is 0 Å². The highest BCUT2D eigenvalue weighted by Crippen LogP contribution is 2.42. The first kappa shape index (κ1) is 17.5. The number of methoxy groups -OCH3 is 2. The van der Waals surface area contributed by atoms with E-state index in [4.69, 9.17) is 14.2 Å². The minimum absolute atomic E-state index is 0.240. The van der Waals surface area contributed by atoms with Gasteiger partial charge < -0.3 is 19.1 Å². The van der Waals surface area contributed by atoms with Crippen molar-refractivity contribution in [3.05, 3.63) is 18.0 Å². The van der Waals surface area contributed by atoms with Crippen molar-refractivity contribution in [2.45, 2.75) is 32.8 Å². The average Bonchev–Trinajstić information content (AvgIpc) is 3.11. The van der Waals surface area contributed by atoms with E-state index in [0.29, 0.717) is 36.7 Å². The highest BCUT2D eigenvalue weighted by atomic mass is 16.6. The fourth-order valence-corrected chi connectivity index (χ4v) is 3.38. The van der Waals surface area contributed by atoms with Crippen molar-refractivity contribution in [1.29, 1.82) is 0 Å². The molecule has 1 aromatic heterocycles. The predicted molar refractivity (Wildman–Crippen MR) is 92.5 cm³/mol. The van der Waals surface area contributed by atoms with Crippen molar-refractivity contribution in [2.24, 2.45) is 11.8 Å². The van der Waals surface area contributed by atoms with Crippen molar-refractivity contribution >= 4 is 11.7 Å². The summed E-state index contributed by atoms with van der Waals surface area (Å²) in [5.41, 5.74) is 1.35. The van der Waals surface area contributed by atoms with Gasteiger partial charge in [-0.3, -0.25) is 0 Å². The van der Waals surface area contributed by atoms with Crippen LogP contribution in [0.15, 0.2) is 12.3 Å². The van der Waals surface area contributed by atoms with E-state index in [1.165, 1.54) is 0 Å². The second-order valence-corrected chi connectivity index (χ2v) is 7.48. The highest BCUT2D eigenvalue weighted by Gasteiger charge is 2.40. The largest absolute Gasteiger partial charge is 0.480 e. The smallest absolute Gasteiger partial charge is 0.410 e. The molecule has 1 aliphatic heterocycles. The molecule has 3 rings (SSSR count). The van der Waals surface area contributed by atoms with Gasteiger partial charge >= 0.3 is 6.09 Å². The summed E-state index contributed by atoms with van der Waals surface area (Å²) in [6.45, 7) is 7.01. The average molecular weight is 347 g/mol. The molecule has 2 atom stereocenters. The van der Waals surface area contributed by atoms with E-state index >= 15 is 0 Å². The van der Waals surface area contributed by atoms with E-state index in [2.05, 4.69) is 16.0 Å². The molecule has 0 spiro atoms. The molecule has 0 N–H and O–H groups in total. The second-order valence-electron chi connectivity index (χ2n) is 7.48. The van der Waals surface area contributed by atoms with E-state index in [-0.39, 0.29) is 6.09 Å². The SMILES string of the molecule is COc1cnc(OC)c(C2=CC3CN(C(=O)OC(C)(C)C)CC3C2)n1. The third-order valence-electron chi connectivity index (χ3n) is 4.46. The lowest BCUT2D eigenvalue weighted by atomic mass is 9.99. The van der Waals surface area contributed by atoms with Crippen LogP contribution in [0.4, 0.5) is 4.79 Å². The van der Waals surface area contributed by atoms with Gasteiger partial charge in [0.15, 0.2) is 0 Å². The molecule has 0 bridgehead atoms. The van der Waals surface area contributed by atoms with E-state index in [0.717, 1.165) is 17.7 Å². The Kier molecular flexibility index (Phi) is 4.58. The summed E-state index contributed by atoms with van der Waals surface area (Å²) in [5.74, 6) is 1.64. The number of ether oxygens (including phenoxy) is 3. The summed E-state index contributed by atoms with van der Waals surface area (Å²) in [4.78, 5) is 22.8. The van der Waals surface area contributed by atoms with Gasteiger partial charge in [0.1, 0.15) is 11.3 Å². The standard InChI is InChI=1S/C18H25N3O4/c1-18(2,3)25-17(22)21-9-12-6-11(7-13(12)10-21)15-16(24-5)19-8-14(20-15)23-4/h6,8,12-13H,7,9-10H2,1-5H3. The van der Waals surface area contributed by atoms with Crippen LogP contribution in [0.1, 0.15) is 32.9 Å². The van der Waals surface area contributed by atoms with Crippen LogP contribution >= 0.6 is 0 Å². The first-order chi connectivity index (χ1) is 11.8. The maximum Gasteiger partial charge on any atom is 0.410 e. The summed E-state index contributed by atoms with van der Waals surface area (Å²) in [5, 5.41) is 0. The summed E-state index contributed by atoms with van der Waals surface area (Å²) >= 11 is 0. The van der Waals surface area contributed by atoms with E-state index in [1.54, 1.807) is 25.3 Å². The molecular formula is C18H25N3O4. The monoisotopic (exact) mass is 347 g/mol. The summed E-state index contributed by atoms with van der Waals surface area (Å²) < 4.78 is 16.0. The maximum absolute atomic E-state index is 12.3. The molecule has 2 aliphatic rings. The zero-order valence-electron chi connectivity index (χ0n) is 15.4. The number of hydrogen-bond acceptors (Lipinski definition) is 6. The number of likely N-dealkylation sites (tertiary alicyclic amines) is 1. The second kappa shape index (κ2) is 6.54. The number of allylic oxidation sites excluding steroid dienone is 1. The van der Waals surface area contributed by atoms with Crippen LogP contribution in [0, 0.1) is 11.8 Å². The summed E-state index contributed by atoms with van der Waals surface area (Å²) in [6.07, 6.45) is 4.32. The molecule has 0 saturated carbocycles. The number of amides is 1. The van der Waals surface area contributed by atoms with Crippen molar-refractivity contribution in [2.75, 3.05) is 27.3 Å². The summed E-state index contributed by atoms with van der Waals surface area (Å²) in [6, 6.07) is 0. The lowest BCUT2D eigenvalue weighted by Gasteiger charge is -2.24. The van der Waals surface area contributed by atoms with Crippen LogP contribution in [0.5, 0.6) is 11.8 Å². The molecule has 1 amide bonds. The lowest BCUT2D eigenvalue weighted by Crippen LogP contribution is -2.35. The Labute approximate surface area is 148 Å². The lowest BCUT2D eigenvalue weighted by molar-refractivity contribution is 0.0285. The van der Waals surface area contributed by atoms with Crippen molar-refractivity contribution < 1.29 is 19.0 Å². The number of hydrogen-bond donors (Lipinski definition) is 0. The van der Waals surface area contributed by atoms with Crippen molar-refractivity contribution in [1.82, 2.24) is 14.9 Å². The van der Waals surface area contributed by atoms with Gasteiger partial charge in [0.2, 0.25) is 11.8 Å². The number of nitrogens with zero attached hydrogens (tertiary/aromatic N) is 3. The molecule has 0 radical (unpaired) electrons. The van der Waals surface area contributed by atoms with Crippen LogP contribution in [-0.2, 0) is 4.74 Å². The van der Waals surface area contributed by atoms with Crippen LogP contribution in [-0.4, -0.2) is 53.9 Å². The quantitative estimate of drug-likeness (QED) is 0.837. The van der Waals surface area contributed by atoms with Crippen LogP contribution < -0.4 is 9.47 Å². The molecule has 1 saturated heterocycles. The number of carbonyl (C=O) groups excluding carboxylic acids is 1. The Bertz CT molecular complexity index is 696. The third kappa shape index (κ3) is 3.70. The highest BCUT2D eigenvalue weighted by molar-refractivity contribution is 5.72. The van der Waals surface area contributed by atoms with E-state index in [9.17, 15) is 4.79 Å². The molecule has 2 heterocycles. The summed E-state index contributed by atoms with van der Waals surface area (Å²) in [7, 11) is 3.15. The third-order valence-corrected chi connectivity index (χ3v) is 4.46. The van der Waals surface area contributed by atoms with Crippen molar-refractivity contribution in [3.8, 4) is 11.8 Å². The van der Waals surface area contributed by atoms with Crippen LogP contribution in [0.25, 0.3) is 5.57 Å². The number of fused-ring (bicyclic) bond motifs is 1. The molecule has 7 heteroatoms.